The molecular formula is C23H20Cl2N4. The molecule has 1 fully saturated rings. The average molecular weight is 423 g/mol. The van der Waals surface area contributed by atoms with Crippen LogP contribution in [0.3, 0.4) is 0 Å². The van der Waals surface area contributed by atoms with Crippen molar-refractivity contribution in [1.29, 1.82) is 0 Å². The van der Waals surface area contributed by atoms with Gasteiger partial charge >= 0.3 is 0 Å². The first-order valence-electron chi connectivity index (χ1n) is 9.98. The second-order valence-electron chi connectivity index (χ2n) is 7.56. The number of hydrogen-bond acceptors (Lipinski definition) is 3. The fourth-order valence-electron chi connectivity index (χ4n) is 4.17. The number of benzene rings is 2. The van der Waals surface area contributed by atoms with Crippen LogP contribution in [-0.2, 0) is 0 Å². The van der Waals surface area contributed by atoms with Crippen molar-refractivity contribution < 1.29 is 0 Å². The third kappa shape index (κ3) is 3.52. The van der Waals surface area contributed by atoms with Crippen molar-refractivity contribution in [3.05, 3.63) is 70.5 Å². The van der Waals surface area contributed by atoms with Crippen molar-refractivity contribution in [2.75, 3.05) is 0 Å². The number of aromatic nitrogens is 4. The Bertz CT molecular complexity index is 1160. The van der Waals surface area contributed by atoms with Gasteiger partial charge in [-0.25, -0.2) is 0 Å². The summed E-state index contributed by atoms with van der Waals surface area (Å²) in [5.74, 6) is 1.36. The van der Waals surface area contributed by atoms with E-state index in [4.69, 9.17) is 28.3 Å². The van der Waals surface area contributed by atoms with Gasteiger partial charge in [0.2, 0.25) is 0 Å². The van der Waals surface area contributed by atoms with Gasteiger partial charge in [-0.1, -0.05) is 72.8 Å². The fraction of sp³-hybridized carbons (Fsp3) is 0.261. The minimum Gasteiger partial charge on any atom is -0.196 e. The van der Waals surface area contributed by atoms with Crippen LogP contribution in [0.5, 0.6) is 0 Å². The maximum absolute atomic E-state index is 6.56. The van der Waals surface area contributed by atoms with Crippen LogP contribution >= 0.6 is 23.2 Å². The van der Waals surface area contributed by atoms with E-state index in [1.54, 1.807) is 0 Å². The topological polar surface area (TPSA) is 43.1 Å². The third-order valence-electron chi connectivity index (χ3n) is 5.67. The van der Waals surface area contributed by atoms with Gasteiger partial charge in [0.1, 0.15) is 5.69 Å². The summed E-state index contributed by atoms with van der Waals surface area (Å²) in [6.07, 6.45) is 6.05. The highest BCUT2D eigenvalue weighted by atomic mass is 35.5. The first kappa shape index (κ1) is 18.6. The molecule has 0 atom stereocenters. The van der Waals surface area contributed by atoms with Crippen LogP contribution in [-0.4, -0.2) is 19.8 Å². The molecule has 1 aliphatic rings. The first-order chi connectivity index (χ1) is 14.2. The lowest BCUT2D eigenvalue weighted by Gasteiger charge is -2.20. The lowest BCUT2D eigenvalue weighted by atomic mass is 9.89. The van der Waals surface area contributed by atoms with Gasteiger partial charge in [-0.15, -0.1) is 10.2 Å². The third-order valence-corrected chi connectivity index (χ3v) is 6.25. The smallest absolute Gasteiger partial charge is 0.178 e. The maximum atomic E-state index is 6.56. The van der Waals surface area contributed by atoms with Gasteiger partial charge in [0.15, 0.2) is 11.5 Å². The largest absolute Gasteiger partial charge is 0.196 e. The summed E-state index contributed by atoms with van der Waals surface area (Å²) in [6, 6.07) is 17.6. The molecule has 0 aliphatic heterocycles. The standard InChI is InChI=1S/C23H20Cl2N4/c24-17-12-10-15(11-13-17)19-14-21-26-27-23(16-6-2-1-3-7-16)29(21)28-22(19)18-8-4-5-9-20(18)25/h4-5,8-14,16H,1-3,6-7H2. The summed E-state index contributed by atoms with van der Waals surface area (Å²) in [7, 11) is 0. The molecule has 5 rings (SSSR count). The molecule has 2 aromatic heterocycles. The molecule has 1 saturated carbocycles. The highest BCUT2D eigenvalue weighted by Gasteiger charge is 2.23. The van der Waals surface area contributed by atoms with Crippen LogP contribution in [0, 0.1) is 0 Å². The lowest BCUT2D eigenvalue weighted by molar-refractivity contribution is 0.423. The van der Waals surface area contributed by atoms with E-state index in [1.165, 1.54) is 19.3 Å². The molecular weight excluding hydrogens is 403 g/mol. The van der Waals surface area contributed by atoms with E-state index in [1.807, 2.05) is 59.1 Å². The monoisotopic (exact) mass is 422 g/mol. The summed E-state index contributed by atoms with van der Waals surface area (Å²) >= 11 is 12.7. The Morgan fingerprint density at radius 1 is 0.828 bits per heavy atom. The van der Waals surface area contributed by atoms with Gasteiger partial charge in [0.25, 0.3) is 0 Å². The molecule has 0 bridgehead atoms. The summed E-state index contributed by atoms with van der Waals surface area (Å²) < 4.78 is 1.91. The van der Waals surface area contributed by atoms with Gasteiger partial charge in [0, 0.05) is 22.1 Å². The van der Waals surface area contributed by atoms with Crippen LogP contribution < -0.4 is 0 Å². The molecule has 0 N–H and O–H groups in total. The molecule has 2 heterocycles. The van der Waals surface area contributed by atoms with Gasteiger partial charge in [-0.3, -0.25) is 0 Å². The SMILES string of the molecule is Clc1ccc(-c2cc3nnc(C4CCCCC4)n3nc2-c2ccccc2Cl)cc1. The van der Waals surface area contributed by atoms with Gasteiger partial charge in [0.05, 0.1) is 5.02 Å². The molecule has 0 radical (unpaired) electrons. The average Bonchev–Trinajstić information content (AvgIpc) is 3.17. The Kier molecular flexibility index (Phi) is 4.98. The van der Waals surface area contributed by atoms with Crippen molar-refractivity contribution >= 4 is 28.8 Å². The summed E-state index contributed by atoms with van der Waals surface area (Å²) in [5.41, 5.74) is 4.45. The van der Waals surface area contributed by atoms with E-state index in [-0.39, 0.29) is 0 Å². The van der Waals surface area contributed by atoms with Crippen molar-refractivity contribution in [1.82, 2.24) is 19.8 Å². The molecule has 1 aliphatic carbocycles. The number of fused-ring (bicyclic) bond motifs is 1. The Morgan fingerprint density at radius 3 is 2.34 bits per heavy atom. The normalized spacial score (nSPS) is 15.1. The van der Waals surface area contributed by atoms with Crippen molar-refractivity contribution in [3.8, 4) is 22.4 Å². The highest BCUT2D eigenvalue weighted by molar-refractivity contribution is 6.33. The summed E-state index contributed by atoms with van der Waals surface area (Å²) in [5, 5.41) is 15.3. The molecule has 4 aromatic rings. The molecule has 0 amide bonds. The Balaban J connectivity index is 1.74. The van der Waals surface area contributed by atoms with E-state index in [2.05, 4.69) is 10.2 Å². The van der Waals surface area contributed by atoms with Gasteiger partial charge < -0.3 is 0 Å². The van der Waals surface area contributed by atoms with Crippen LogP contribution in [0.15, 0.2) is 54.6 Å². The van der Waals surface area contributed by atoms with Crippen molar-refractivity contribution in [2.45, 2.75) is 38.0 Å². The van der Waals surface area contributed by atoms with Crippen molar-refractivity contribution in [2.24, 2.45) is 0 Å². The molecule has 2 aromatic carbocycles. The van der Waals surface area contributed by atoms with Crippen LogP contribution in [0.4, 0.5) is 0 Å². The summed E-state index contributed by atoms with van der Waals surface area (Å²) in [6.45, 7) is 0. The fourth-order valence-corrected chi connectivity index (χ4v) is 4.52. The molecule has 0 saturated heterocycles. The molecule has 0 spiro atoms. The molecule has 29 heavy (non-hydrogen) atoms. The summed E-state index contributed by atoms with van der Waals surface area (Å²) in [4.78, 5) is 0. The van der Waals surface area contributed by atoms with E-state index in [9.17, 15) is 0 Å². The lowest BCUT2D eigenvalue weighted by Crippen LogP contribution is -2.11. The highest BCUT2D eigenvalue weighted by Crippen LogP contribution is 2.37. The molecule has 4 nitrogen and oxygen atoms in total. The zero-order valence-electron chi connectivity index (χ0n) is 15.9. The zero-order chi connectivity index (χ0) is 19.8. The Morgan fingerprint density at radius 2 is 1.59 bits per heavy atom. The maximum Gasteiger partial charge on any atom is 0.178 e. The minimum atomic E-state index is 0.409. The predicted octanol–water partition coefficient (Wildman–Crippen LogP) is 6.81. The van der Waals surface area contributed by atoms with Crippen molar-refractivity contribution in [3.63, 3.8) is 0 Å². The van der Waals surface area contributed by atoms with Crippen LogP contribution in [0.25, 0.3) is 28.0 Å². The number of nitrogens with zero attached hydrogens (tertiary/aromatic N) is 4. The zero-order valence-corrected chi connectivity index (χ0v) is 17.4. The van der Waals surface area contributed by atoms with Gasteiger partial charge in [-0.2, -0.15) is 9.61 Å². The molecule has 0 unspecified atom stereocenters. The van der Waals surface area contributed by atoms with E-state index >= 15 is 0 Å². The van der Waals surface area contributed by atoms with E-state index in [0.29, 0.717) is 16.0 Å². The molecule has 146 valence electrons. The minimum absolute atomic E-state index is 0.409. The predicted molar refractivity (Wildman–Crippen MR) is 117 cm³/mol. The van der Waals surface area contributed by atoms with Gasteiger partial charge in [-0.05, 0) is 42.7 Å². The second kappa shape index (κ2) is 7.77. The van der Waals surface area contributed by atoms with Crippen LogP contribution in [0.2, 0.25) is 10.0 Å². The first-order valence-corrected chi connectivity index (χ1v) is 10.7. The number of hydrogen-bond donors (Lipinski definition) is 0. The second-order valence-corrected chi connectivity index (χ2v) is 8.40. The quantitative estimate of drug-likeness (QED) is 0.363. The van der Waals surface area contributed by atoms with E-state index < -0.39 is 0 Å². The Hall–Kier alpha value is -2.43. The molecule has 6 heteroatoms. The number of rotatable bonds is 3. The van der Waals surface area contributed by atoms with Crippen LogP contribution in [0.1, 0.15) is 43.8 Å². The number of halogens is 2. The van der Waals surface area contributed by atoms with E-state index in [0.717, 1.165) is 46.7 Å². The Labute approximate surface area is 179 Å².